The van der Waals surface area contributed by atoms with Gasteiger partial charge in [-0.2, -0.15) is 0 Å². The van der Waals surface area contributed by atoms with Crippen molar-refractivity contribution >= 4 is 0 Å². The van der Waals surface area contributed by atoms with Crippen LogP contribution in [0.1, 0.15) is 39.5 Å². The summed E-state index contributed by atoms with van der Waals surface area (Å²) in [6, 6.07) is 0. The Labute approximate surface area is 95.0 Å². The van der Waals surface area contributed by atoms with Crippen molar-refractivity contribution in [1.82, 2.24) is 4.90 Å². The first-order valence-corrected chi connectivity index (χ1v) is 5.95. The molecule has 92 valence electrons. The highest BCUT2D eigenvalue weighted by molar-refractivity contribution is 4.69. The fraction of sp³-hybridized carbons (Fsp3) is 1.00. The van der Waals surface area contributed by atoms with E-state index in [0.717, 1.165) is 25.9 Å². The summed E-state index contributed by atoms with van der Waals surface area (Å²) < 4.78 is 5.39. The molecule has 0 saturated heterocycles. The number of rotatable bonds is 9. The molecule has 0 fully saturated rings. The Morgan fingerprint density at radius 2 is 1.80 bits per heavy atom. The van der Waals surface area contributed by atoms with Gasteiger partial charge in [0.25, 0.3) is 0 Å². The topological polar surface area (TPSA) is 38.5 Å². The summed E-state index contributed by atoms with van der Waals surface area (Å²) in [6.07, 6.45) is 4.73. The molecule has 3 nitrogen and oxygen atoms in total. The highest BCUT2D eigenvalue weighted by Gasteiger charge is 2.16. The van der Waals surface area contributed by atoms with Crippen LogP contribution < -0.4 is 5.73 Å². The van der Waals surface area contributed by atoms with Gasteiger partial charge in [0.05, 0.1) is 5.60 Å². The minimum absolute atomic E-state index is 0.00547. The van der Waals surface area contributed by atoms with Gasteiger partial charge >= 0.3 is 0 Å². The molecule has 0 atom stereocenters. The largest absolute Gasteiger partial charge is 0.379 e. The first kappa shape index (κ1) is 14.9. The lowest BCUT2D eigenvalue weighted by molar-refractivity contribution is 0.00907. The Hall–Kier alpha value is -0.120. The van der Waals surface area contributed by atoms with Crippen LogP contribution in [0.15, 0.2) is 0 Å². The summed E-state index contributed by atoms with van der Waals surface area (Å²) >= 11 is 0. The van der Waals surface area contributed by atoms with Gasteiger partial charge in [-0.25, -0.2) is 0 Å². The summed E-state index contributed by atoms with van der Waals surface area (Å²) in [6.45, 7) is 7.36. The van der Waals surface area contributed by atoms with Gasteiger partial charge in [-0.3, -0.25) is 0 Å². The number of nitrogens with two attached hydrogens (primary N) is 1. The average Bonchev–Trinajstić information content (AvgIpc) is 2.22. The fourth-order valence-electron chi connectivity index (χ4n) is 1.38. The van der Waals surface area contributed by atoms with E-state index in [4.69, 9.17) is 10.5 Å². The van der Waals surface area contributed by atoms with Gasteiger partial charge in [0, 0.05) is 13.7 Å². The SMILES string of the molecule is COC(C)(C)CCN(C)CCCCCN. The van der Waals surface area contributed by atoms with Crippen LogP contribution in [0.25, 0.3) is 0 Å². The number of hydrogen-bond donors (Lipinski definition) is 1. The van der Waals surface area contributed by atoms with Crippen LogP contribution in [0, 0.1) is 0 Å². The second-order valence-electron chi connectivity index (χ2n) is 4.87. The van der Waals surface area contributed by atoms with Gasteiger partial charge in [0.15, 0.2) is 0 Å². The highest BCUT2D eigenvalue weighted by atomic mass is 16.5. The molecule has 0 aliphatic carbocycles. The van der Waals surface area contributed by atoms with Crippen molar-refractivity contribution in [2.75, 3.05) is 33.8 Å². The lowest BCUT2D eigenvalue weighted by atomic mass is 10.1. The van der Waals surface area contributed by atoms with Crippen LogP contribution in [0.4, 0.5) is 0 Å². The third-order valence-electron chi connectivity index (χ3n) is 2.89. The molecular weight excluding hydrogens is 188 g/mol. The van der Waals surface area contributed by atoms with Crippen molar-refractivity contribution in [2.45, 2.75) is 45.1 Å². The predicted octanol–water partition coefficient (Wildman–Crippen LogP) is 1.86. The van der Waals surface area contributed by atoms with Crippen LogP contribution in [0.2, 0.25) is 0 Å². The molecule has 3 heteroatoms. The standard InChI is InChI=1S/C12H28N2O/c1-12(2,15-4)8-11-14(3)10-7-5-6-9-13/h5-11,13H2,1-4H3. The average molecular weight is 216 g/mol. The zero-order valence-corrected chi connectivity index (χ0v) is 10.9. The van der Waals surface area contributed by atoms with E-state index >= 15 is 0 Å². The van der Waals surface area contributed by atoms with Gasteiger partial charge in [-0.15, -0.1) is 0 Å². The fourth-order valence-corrected chi connectivity index (χ4v) is 1.38. The van der Waals surface area contributed by atoms with Crippen molar-refractivity contribution in [3.63, 3.8) is 0 Å². The second kappa shape index (κ2) is 8.08. The molecule has 0 aliphatic rings. The van der Waals surface area contributed by atoms with E-state index in [2.05, 4.69) is 25.8 Å². The minimum Gasteiger partial charge on any atom is -0.379 e. The molecule has 0 radical (unpaired) electrons. The Balaban J connectivity index is 3.44. The van der Waals surface area contributed by atoms with Crippen molar-refractivity contribution in [2.24, 2.45) is 5.73 Å². The van der Waals surface area contributed by atoms with Crippen LogP contribution in [-0.4, -0.2) is 44.3 Å². The Morgan fingerprint density at radius 3 is 2.33 bits per heavy atom. The summed E-state index contributed by atoms with van der Waals surface area (Å²) in [7, 11) is 3.95. The number of ether oxygens (including phenoxy) is 1. The maximum atomic E-state index is 5.45. The summed E-state index contributed by atoms with van der Waals surface area (Å²) in [5.74, 6) is 0. The molecule has 2 N–H and O–H groups in total. The number of unbranched alkanes of at least 4 members (excludes halogenated alkanes) is 2. The van der Waals surface area contributed by atoms with Gasteiger partial charge in [0.1, 0.15) is 0 Å². The van der Waals surface area contributed by atoms with E-state index < -0.39 is 0 Å². The Kier molecular flexibility index (Phi) is 8.02. The van der Waals surface area contributed by atoms with E-state index in [-0.39, 0.29) is 5.60 Å². The summed E-state index contributed by atoms with van der Waals surface area (Å²) in [5.41, 5.74) is 5.45. The van der Waals surface area contributed by atoms with Gasteiger partial charge in [-0.1, -0.05) is 6.42 Å². The maximum absolute atomic E-state index is 5.45. The number of methoxy groups -OCH3 is 1. The number of nitrogens with zero attached hydrogens (tertiary/aromatic N) is 1. The Bertz CT molecular complexity index is 149. The van der Waals surface area contributed by atoms with Crippen LogP contribution in [0.3, 0.4) is 0 Å². The first-order valence-electron chi connectivity index (χ1n) is 5.95. The third-order valence-corrected chi connectivity index (χ3v) is 2.89. The molecule has 0 unspecified atom stereocenters. The molecule has 0 spiro atoms. The number of hydrogen-bond acceptors (Lipinski definition) is 3. The molecule has 0 heterocycles. The maximum Gasteiger partial charge on any atom is 0.0634 e. The van der Waals surface area contributed by atoms with Gasteiger partial charge < -0.3 is 15.4 Å². The molecule has 0 bridgehead atoms. The van der Waals surface area contributed by atoms with Crippen LogP contribution >= 0.6 is 0 Å². The lowest BCUT2D eigenvalue weighted by Crippen LogP contribution is -2.30. The molecule has 0 saturated carbocycles. The zero-order chi connectivity index (χ0) is 11.7. The molecule has 0 aromatic heterocycles. The monoisotopic (exact) mass is 216 g/mol. The smallest absolute Gasteiger partial charge is 0.0634 e. The minimum atomic E-state index is 0.00547. The third kappa shape index (κ3) is 8.85. The zero-order valence-electron chi connectivity index (χ0n) is 10.9. The molecule has 0 amide bonds. The van der Waals surface area contributed by atoms with E-state index in [9.17, 15) is 0 Å². The van der Waals surface area contributed by atoms with E-state index in [1.54, 1.807) is 7.11 Å². The Morgan fingerprint density at radius 1 is 1.13 bits per heavy atom. The lowest BCUT2D eigenvalue weighted by Gasteiger charge is -2.26. The molecule has 0 aliphatic heterocycles. The van der Waals surface area contributed by atoms with Crippen molar-refractivity contribution < 1.29 is 4.74 Å². The van der Waals surface area contributed by atoms with Gasteiger partial charge in [0.2, 0.25) is 0 Å². The van der Waals surface area contributed by atoms with Crippen LogP contribution in [0.5, 0.6) is 0 Å². The molecule has 0 rings (SSSR count). The highest BCUT2D eigenvalue weighted by Crippen LogP contribution is 2.13. The van der Waals surface area contributed by atoms with Crippen molar-refractivity contribution in [3.05, 3.63) is 0 Å². The quantitative estimate of drug-likeness (QED) is 0.598. The van der Waals surface area contributed by atoms with E-state index in [1.165, 1.54) is 19.4 Å². The summed E-state index contributed by atoms with van der Waals surface area (Å²) in [5, 5.41) is 0. The molecule has 0 aromatic carbocycles. The summed E-state index contributed by atoms with van der Waals surface area (Å²) in [4.78, 5) is 2.37. The van der Waals surface area contributed by atoms with E-state index in [0.29, 0.717) is 0 Å². The van der Waals surface area contributed by atoms with Crippen molar-refractivity contribution in [3.8, 4) is 0 Å². The molecule has 0 aromatic rings. The van der Waals surface area contributed by atoms with Crippen molar-refractivity contribution in [1.29, 1.82) is 0 Å². The second-order valence-corrected chi connectivity index (χ2v) is 4.87. The van der Waals surface area contributed by atoms with E-state index in [1.807, 2.05) is 0 Å². The van der Waals surface area contributed by atoms with Crippen LogP contribution in [-0.2, 0) is 4.74 Å². The molecule has 15 heavy (non-hydrogen) atoms. The predicted molar refractivity (Wildman–Crippen MR) is 66.1 cm³/mol. The first-order chi connectivity index (χ1) is 7.02. The van der Waals surface area contributed by atoms with Gasteiger partial charge in [-0.05, 0) is 53.2 Å². The molecular formula is C12H28N2O. The normalized spacial score (nSPS) is 12.4.